The molecule has 4 rings (SSSR count). The quantitative estimate of drug-likeness (QED) is 0.434. The zero-order chi connectivity index (χ0) is 19.7. The van der Waals surface area contributed by atoms with Crippen LogP contribution in [0.5, 0.6) is 0 Å². The average Bonchev–Trinajstić information content (AvgIpc) is 2.67. The Bertz CT molecular complexity index is 1170. The smallest absolute Gasteiger partial charge is 0.159 e. The van der Waals surface area contributed by atoms with Gasteiger partial charge in [-0.2, -0.15) is 0 Å². The third-order valence-electron chi connectivity index (χ3n) is 4.45. The van der Waals surface area contributed by atoms with Crippen LogP contribution in [-0.2, 0) is 0 Å². The summed E-state index contributed by atoms with van der Waals surface area (Å²) in [5.74, 6) is 1.05. The van der Waals surface area contributed by atoms with E-state index in [9.17, 15) is 0 Å². The van der Waals surface area contributed by atoms with Crippen molar-refractivity contribution in [3.63, 3.8) is 0 Å². The van der Waals surface area contributed by atoms with Crippen LogP contribution >= 0.6 is 11.6 Å². The number of hydrogen-bond donors (Lipinski definition) is 3. The Morgan fingerprint density at radius 3 is 2.39 bits per heavy atom. The fourth-order valence-corrected chi connectivity index (χ4v) is 3.21. The van der Waals surface area contributed by atoms with Crippen LogP contribution in [-0.4, -0.2) is 15.0 Å². The van der Waals surface area contributed by atoms with Crippen LogP contribution in [0, 0.1) is 13.8 Å². The highest BCUT2D eigenvalue weighted by atomic mass is 35.5. The second-order valence-electron chi connectivity index (χ2n) is 6.52. The molecule has 0 atom stereocenters. The van der Waals surface area contributed by atoms with Crippen LogP contribution in [0.15, 0.2) is 54.9 Å². The molecule has 0 amide bonds. The Morgan fingerprint density at radius 1 is 0.893 bits per heavy atom. The molecule has 0 spiro atoms. The van der Waals surface area contributed by atoms with Gasteiger partial charge in [0.25, 0.3) is 0 Å². The number of nitrogens with two attached hydrogens (primary N) is 1. The second-order valence-corrected chi connectivity index (χ2v) is 6.96. The number of hydrogen-bond acceptors (Lipinski definition) is 6. The third-order valence-corrected chi connectivity index (χ3v) is 4.68. The third kappa shape index (κ3) is 3.54. The van der Waals surface area contributed by atoms with Crippen LogP contribution < -0.4 is 16.4 Å². The monoisotopic (exact) mass is 390 g/mol. The minimum Gasteiger partial charge on any atom is -0.393 e. The lowest BCUT2D eigenvalue weighted by Crippen LogP contribution is -2.06. The van der Waals surface area contributed by atoms with Gasteiger partial charge in [-0.1, -0.05) is 17.7 Å². The molecule has 2 heterocycles. The Balaban J connectivity index is 1.68. The lowest BCUT2D eigenvalue weighted by Gasteiger charge is -2.15. The van der Waals surface area contributed by atoms with Crippen molar-refractivity contribution < 1.29 is 0 Å². The molecule has 28 heavy (non-hydrogen) atoms. The Kier molecular flexibility index (Phi) is 4.71. The highest BCUT2D eigenvalue weighted by molar-refractivity contribution is 6.30. The van der Waals surface area contributed by atoms with E-state index in [0.717, 1.165) is 33.5 Å². The fraction of sp³-hybridized carbons (Fsp3) is 0.0952. The molecule has 0 saturated carbocycles. The van der Waals surface area contributed by atoms with Gasteiger partial charge in [-0.25, -0.2) is 9.97 Å². The minimum atomic E-state index is 0.425. The summed E-state index contributed by atoms with van der Waals surface area (Å²) < 4.78 is 0. The van der Waals surface area contributed by atoms with Crippen molar-refractivity contribution in [1.29, 1.82) is 0 Å². The first-order valence-electron chi connectivity index (χ1n) is 8.78. The molecule has 7 heteroatoms. The summed E-state index contributed by atoms with van der Waals surface area (Å²) in [5.41, 5.74) is 11.4. The van der Waals surface area contributed by atoms with E-state index < -0.39 is 0 Å². The Labute approximate surface area is 167 Å². The molecule has 0 aliphatic carbocycles. The van der Waals surface area contributed by atoms with Crippen molar-refractivity contribution >= 4 is 51.2 Å². The van der Waals surface area contributed by atoms with Crippen LogP contribution in [0.2, 0.25) is 5.02 Å². The van der Waals surface area contributed by atoms with Gasteiger partial charge in [-0.05, 0) is 61.9 Å². The number of rotatable bonds is 4. The highest BCUT2D eigenvalue weighted by Crippen LogP contribution is 2.32. The summed E-state index contributed by atoms with van der Waals surface area (Å²) >= 11 is 6.03. The van der Waals surface area contributed by atoms with Crippen LogP contribution in [0.25, 0.3) is 10.9 Å². The van der Waals surface area contributed by atoms with Crippen LogP contribution in [0.1, 0.15) is 11.3 Å². The van der Waals surface area contributed by atoms with E-state index in [1.165, 1.54) is 6.33 Å². The molecular weight excluding hydrogens is 372 g/mol. The SMILES string of the molecule is Cc1ccc2c(Nc3ncnc(Nc4ccc(Cl)cc4C)c3N)cccc2n1. The minimum absolute atomic E-state index is 0.425. The molecule has 0 saturated heterocycles. The fourth-order valence-electron chi connectivity index (χ4n) is 2.98. The summed E-state index contributed by atoms with van der Waals surface area (Å²) in [6.45, 7) is 3.94. The van der Waals surface area contributed by atoms with E-state index >= 15 is 0 Å². The summed E-state index contributed by atoms with van der Waals surface area (Å²) in [7, 11) is 0. The van der Waals surface area contributed by atoms with Crippen LogP contribution in [0.4, 0.5) is 28.7 Å². The molecule has 0 aliphatic heterocycles. The molecule has 0 fully saturated rings. The molecule has 0 radical (unpaired) electrons. The predicted molar refractivity (Wildman–Crippen MR) is 116 cm³/mol. The van der Waals surface area contributed by atoms with Crippen molar-refractivity contribution in [2.75, 3.05) is 16.4 Å². The molecule has 4 aromatic rings. The molecule has 4 N–H and O–H groups in total. The van der Waals surface area contributed by atoms with Crippen molar-refractivity contribution in [1.82, 2.24) is 15.0 Å². The molecule has 140 valence electrons. The van der Waals surface area contributed by atoms with Crippen molar-refractivity contribution in [3.8, 4) is 0 Å². The lowest BCUT2D eigenvalue weighted by atomic mass is 10.1. The highest BCUT2D eigenvalue weighted by Gasteiger charge is 2.11. The predicted octanol–water partition coefficient (Wildman–Crippen LogP) is 5.36. The van der Waals surface area contributed by atoms with Crippen molar-refractivity contribution in [3.05, 3.63) is 71.1 Å². The van der Waals surface area contributed by atoms with E-state index in [0.29, 0.717) is 22.3 Å². The van der Waals surface area contributed by atoms with Crippen molar-refractivity contribution in [2.45, 2.75) is 13.8 Å². The molecule has 6 nitrogen and oxygen atoms in total. The number of nitrogen functional groups attached to an aromatic ring is 1. The standard InChI is InChI=1S/C21H19ClN6/c1-12-10-14(22)7-9-16(12)27-20-19(23)21(25-11-24-20)28-18-5-3-4-17-15(18)8-6-13(2)26-17/h3-11H,23H2,1-2H3,(H2,24,25,27,28). The molecular formula is C21H19ClN6. The number of nitrogens with zero attached hydrogens (tertiary/aromatic N) is 3. The first-order valence-corrected chi connectivity index (χ1v) is 9.16. The maximum atomic E-state index is 6.34. The number of pyridine rings is 1. The van der Waals surface area contributed by atoms with Gasteiger partial charge in [-0.15, -0.1) is 0 Å². The van der Waals surface area contributed by atoms with Gasteiger partial charge >= 0.3 is 0 Å². The van der Waals surface area contributed by atoms with Gasteiger partial charge < -0.3 is 16.4 Å². The summed E-state index contributed by atoms with van der Waals surface area (Å²) in [6, 6.07) is 15.5. The largest absolute Gasteiger partial charge is 0.393 e. The van der Waals surface area contributed by atoms with Gasteiger partial charge in [0.2, 0.25) is 0 Å². The van der Waals surface area contributed by atoms with Crippen LogP contribution in [0.3, 0.4) is 0 Å². The number of anilines is 5. The van der Waals surface area contributed by atoms with Gasteiger partial charge in [0.15, 0.2) is 11.6 Å². The van der Waals surface area contributed by atoms with E-state index in [1.54, 1.807) is 0 Å². The number of aromatic nitrogens is 3. The van der Waals surface area contributed by atoms with E-state index in [1.807, 2.05) is 62.4 Å². The Morgan fingerprint density at radius 2 is 1.64 bits per heavy atom. The first-order chi connectivity index (χ1) is 13.5. The number of aryl methyl sites for hydroxylation is 2. The normalized spacial score (nSPS) is 10.8. The summed E-state index contributed by atoms with van der Waals surface area (Å²) in [6.07, 6.45) is 1.47. The molecule has 0 unspecified atom stereocenters. The summed E-state index contributed by atoms with van der Waals surface area (Å²) in [5, 5.41) is 8.23. The number of nitrogens with one attached hydrogen (secondary N) is 2. The number of halogens is 1. The first kappa shape index (κ1) is 18.0. The van der Waals surface area contributed by atoms with Crippen molar-refractivity contribution in [2.24, 2.45) is 0 Å². The van der Waals surface area contributed by atoms with Gasteiger partial charge in [-0.3, -0.25) is 4.98 Å². The van der Waals surface area contributed by atoms with Gasteiger partial charge in [0.1, 0.15) is 12.0 Å². The molecule has 2 aromatic carbocycles. The zero-order valence-electron chi connectivity index (χ0n) is 15.5. The topological polar surface area (TPSA) is 88.8 Å². The zero-order valence-corrected chi connectivity index (χ0v) is 16.2. The Hall–Kier alpha value is -3.38. The lowest BCUT2D eigenvalue weighted by molar-refractivity contribution is 1.17. The maximum Gasteiger partial charge on any atom is 0.159 e. The molecule has 0 aliphatic rings. The van der Waals surface area contributed by atoms with Gasteiger partial charge in [0.05, 0.1) is 5.52 Å². The number of benzene rings is 2. The summed E-state index contributed by atoms with van der Waals surface area (Å²) in [4.78, 5) is 13.2. The van der Waals surface area contributed by atoms with E-state index in [4.69, 9.17) is 17.3 Å². The second kappa shape index (κ2) is 7.32. The van der Waals surface area contributed by atoms with E-state index in [2.05, 4.69) is 25.6 Å². The number of fused-ring (bicyclic) bond motifs is 1. The average molecular weight is 391 g/mol. The van der Waals surface area contributed by atoms with Gasteiger partial charge in [0, 0.05) is 27.5 Å². The molecule has 2 aromatic heterocycles. The van der Waals surface area contributed by atoms with E-state index in [-0.39, 0.29) is 0 Å². The maximum absolute atomic E-state index is 6.34. The molecule has 0 bridgehead atoms.